The van der Waals surface area contributed by atoms with E-state index >= 15 is 0 Å². The maximum absolute atomic E-state index is 10.8. The Hall–Kier alpha value is -1.85. The predicted octanol–water partition coefficient (Wildman–Crippen LogP) is 3.27. The number of hydrogen-bond donors (Lipinski definition) is 2. The maximum atomic E-state index is 10.8. The van der Waals surface area contributed by atoms with Crippen LogP contribution in [0.25, 0.3) is 0 Å². The summed E-state index contributed by atoms with van der Waals surface area (Å²) >= 11 is 0. The van der Waals surface area contributed by atoms with Crippen LogP contribution in [0.4, 0.5) is 17.3 Å². The summed E-state index contributed by atoms with van der Waals surface area (Å²) in [6.07, 6.45) is 3.39. The standard InChI is InChI=1S/C13H22N4O2/c1-10(2)6-4-5-7-15-13-9-11(17(18)19)8-12(14-3)16-13/h8-10H,4-7H2,1-3H3,(H2,14,15,16). The lowest BCUT2D eigenvalue weighted by atomic mass is 10.1. The molecule has 0 fully saturated rings. The first-order valence-corrected chi connectivity index (χ1v) is 6.61. The molecule has 0 saturated carbocycles. The summed E-state index contributed by atoms with van der Waals surface area (Å²) in [7, 11) is 1.69. The molecule has 0 aliphatic rings. The first-order valence-electron chi connectivity index (χ1n) is 6.61. The van der Waals surface area contributed by atoms with Gasteiger partial charge in [-0.05, 0) is 12.3 Å². The molecule has 0 aromatic carbocycles. The Morgan fingerprint density at radius 3 is 2.58 bits per heavy atom. The Balaban J connectivity index is 2.53. The van der Waals surface area contributed by atoms with Crippen molar-refractivity contribution < 1.29 is 4.92 Å². The average Bonchev–Trinajstić information content (AvgIpc) is 2.37. The van der Waals surface area contributed by atoms with Crippen LogP contribution in [-0.4, -0.2) is 23.5 Å². The SMILES string of the molecule is CNc1cc([N+](=O)[O-])cc(NCCCCC(C)C)n1. The van der Waals surface area contributed by atoms with Gasteiger partial charge in [-0.3, -0.25) is 10.1 Å². The maximum Gasteiger partial charge on any atom is 0.276 e. The number of pyridine rings is 1. The number of aromatic nitrogens is 1. The van der Waals surface area contributed by atoms with Gasteiger partial charge in [0, 0.05) is 13.6 Å². The van der Waals surface area contributed by atoms with Crippen LogP contribution >= 0.6 is 0 Å². The normalized spacial score (nSPS) is 10.5. The van der Waals surface area contributed by atoms with Crippen molar-refractivity contribution >= 4 is 17.3 Å². The van der Waals surface area contributed by atoms with Crippen molar-refractivity contribution in [3.63, 3.8) is 0 Å². The first kappa shape index (κ1) is 15.2. The molecule has 0 radical (unpaired) electrons. The summed E-state index contributed by atoms with van der Waals surface area (Å²) in [5.41, 5.74) is 0.0454. The molecule has 1 aromatic rings. The highest BCUT2D eigenvalue weighted by molar-refractivity contribution is 5.54. The molecule has 6 heteroatoms. The van der Waals surface area contributed by atoms with Crippen molar-refractivity contribution in [3.8, 4) is 0 Å². The molecular weight excluding hydrogens is 244 g/mol. The number of rotatable bonds is 8. The van der Waals surface area contributed by atoms with Crippen LogP contribution in [0.5, 0.6) is 0 Å². The van der Waals surface area contributed by atoms with Gasteiger partial charge in [-0.1, -0.05) is 26.7 Å². The van der Waals surface area contributed by atoms with Gasteiger partial charge in [0.15, 0.2) is 0 Å². The van der Waals surface area contributed by atoms with Crippen molar-refractivity contribution in [2.24, 2.45) is 5.92 Å². The zero-order valence-electron chi connectivity index (χ0n) is 11.8. The highest BCUT2D eigenvalue weighted by Gasteiger charge is 2.10. The third-order valence-corrected chi connectivity index (χ3v) is 2.79. The molecule has 0 aliphatic heterocycles. The van der Waals surface area contributed by atoms with E-state index in [9.17, 15) is 10.1 Å². The fourth-order valence-corrected chi connectivity index (χ4v) is 1.73. The minimum Gasteiger partial charge on any atom is -0.373 e. The molecule has 2 N–H and O–H groups in total. The quantitative estimate of drug-likeness (QED) is 0.429. The highest BCUT2D eigenvalue weighted by Crippen LogP contribution is 2.20. The monoisotopic (exact) mass is 266 g/mol. The Bertz CT molecular complexity index is 421. The van der Waals surface area contributed by atoms with E-state index in [1.165, 1.54) is 18.6 Å². The van der Waals surface area contributed by atoms with Crippen molar-refractivity contribution in [1.29, 1.82) is 0 Å². The molecule has 1 aromatic heterocycles. The fraction of sp³-hybridized carbons (Fsp3) is 0.615. The van der Waals surface area contributed by atoms with Crippen LogP contribution in [0.3, 0.4) is 0 Å². The number of nitrogens with one attached hydrogen (secondary N) is 2. The third-order valence-electron chi connectivity index (χ3n) is 2.79. The van der Waals surface area contributed by atoms with Gasteiger partial charge in [0.1, 0.15) is 11.6 Å². The fourth-order valence-electron chi connectivity index (χ4n) is 1.73. The highest BCUT2D eigenvalue weighted by atomic mass is 16.6. The molecular formula is C13H22N4O2. The third kappa shape index (κ3) is 5.54. The first-order chi connectivity index (χ1) is 9.02. The molecule has 6 nitrogen and oxygen atoms in total. The second-order valence-electron chi connectivity index (χ2n) is 4.92. The van der Waals surface area contributed by atoms with Gasteiger partial charge in [0.2, 0.25) is 0 Å². The van der Waals surface area contributed by atoms with Crippen molar-refractivity contribution in [2.45, 2.75) is 33.1 Å². The molecule has 1 rings (SSSR count). The lowest BCUT2D eigenvalue weighted by Crippen LogP contribution is -2.06. The number of unbranched alkanes of at least 4 members (excludes halogenated alkanes) is 1. The molecule has 0 spiro atoms. The smallest absolute Gasteiger partial charge is 0.276 e. The molecule has 0 unspecified atom stereocenters. The number of anilines is 2. The lowest BCUT2D eigenvalue weighted by Gasteiger charge is -2.08. The summed E-state index contributed by atoms with van der Waals surface area (Å²) in [4.78, 5) is 14.6. The van der Waals surface area contributed by atoms with Gasteiger partial charge in [-0.25, -0.2) is 4.98 Å². The summed E-state index contributed by atoms with van der Waals surface area (Å²) in [6.45, 7) is 5.19. The molecule has 19 heavy (non-hydrogen) atoms. The van der Waals surface area contributed by atoms with Crippen molar-refractivity contribution in [1.82, 2.24) is 4.98 Å². The van der Waals surface area contributed by atoms with Crippen LogP contribution in [0.15, 0.2) is 12.1 Å². The second-order valence-corrected chi connectivity index (χ2v) is 4.92. The van der Waals surface area contributed by atoms with E-state index in [2.05, 4.69) is 29.5 Å². The Labute approximate surface area is 113 Å². The lowest BCUT2D eigenvalue weighted by molar-refractivity contribution is -0.384. The van der Waals surface area contributed by atoms with Crippen LogP contribution in [0.2, 0.25) is 0 Å². The van der Waals surface area contributed by atoms with E-state index in [1.807, 2.05) is 0 Å². The molecule has 0 amide bonds. The van der Waals surface area contributed by atoms with Gasteiger partial charge < -0.3 is 10.6 Å². The molecule has 0 aliphatic carbocycles. The minimum atomic E-state index is -0.410. The summed E-state index contributed by atoms with van der Waals surface area (Å²) in [5.74, 6) is 1.76. The van der Waals surface area contributed by atoms with Gasteiger partial charge >= 0.3 is 0 Å². The van der Waals surface area contributed by atoms with Crippen LogP contribution in [0.1, 0.15) is 33.1 Å². The van der Waals surface area contributed by atoms with Crippen molar-refractivity contribution in [2.75, 3.05) is 24.2 Å². The van der Waals surface area contributed by atoms with Gasteiger partial charge in [0.05, 0.1) is 17.1 Å². The van der Waals surface area contributed by atoms with E-state index in [-0.39, 0.29) is 5.69 Å². The number of nitro groups is 1. The molecule has 0 saturated heterocycles. The summed E-state index contributed by atoms with van der Waals surface area (Å²) < 4.78 is 0. The molecule has 0 atom stereocenters. The molecule has 1 heterocycles. The molecule has 106 valence electrons. The topological polar surface area (TPSA) is 80.1 Å². The molecule has 0 bridgehead atoms. The van der Waals surface area contributed by atoms with Gasteiger partial charge in [0.25, 0.3) is 5.69 Å². The van der Waals surface area contributed by atoms with E-state index in [4.69, 9.17) is 0 Å². The zero-order valence-corrected chi connectivity index (χ0v) is 11.8. The Morgan fingerprint density at radius 1 is 1.32 bits per heavy atom. The Morgan fingerprint density at radius 2 is 2.00 bits per heavy atom. The van der Waals surface area contributed by atoms with Gasteiger partial charge in [-0.2, -0.15) is 0 Å². The van der Waals surface area contributed by atoms with Crippen molar-refractivity contribution in [3.05, 3.63) is 22.2 Å². The van der Waals surface area contributed by atoms with E-state index in [0.29, 0.717) is 17.6 Å². The predicted molar refractivity (Wildman–Crippen MR) is 77.6 cm³/mol. The second kappa shape index (κ2) is 7.56. The summed E-state index contributed by atoms with van der Waals surface area (Å²) in [5, 5.41) is 16.8. The van der Waals surface area contributed by atoms with Crippen LogP contribution in [-0.2, 0) is 0 Å². The Kier molecular flexibility index (Phi) is 6.05. The van der Waals surface area contributed by atoms with E-state index in [1.54, 1.807) is 7.05 Å². The largest absolute Gasteiger partial charge is 0.373 e. The van der Waals surface area contributed by atoms with Crippen LogP contribution < -0.4 is 10.6 Å². The number of hydrogen-bond acceptors (Lipinski definition) is 5. The summed E-state index contributed by atoms with van der Waals surface area (Å²) in [6, 6.07) is 2.88. The number of nitrogens with zero attached hydrogens (tertiary/aromatic N) is 2. The van der Waals surface area contributed by atoms with Crippen LogP contribution in [0, 0.1) is 16.0 Å². The zero-order chi connectivity index (χ0) is 14.3. The van der Waals surface area contributed by atoms with E-state index < -0.39 is 4.92 Å². The average molecular weight is 266 g/mol. The van der Waals surface area contributed by atoms with E-state index in [0.717, 1.165) is 19.4 Å². The van der Waals surface area contributed by atoms with Gasteiger partial charge in [-0.15, -0.1) is 0 Å². The minimum absolute atomic E-state index is 0.0454.